The topological polar surface area (TPSA) is 44.3 Å². The van der Waals surface area contributed by atoms with Gasteiger partial charge in [-0.15, -0.1) is 0 Å². The van der Waals surface area contributed by atoms with Gasteiger partial charge < -0.3 is 15.7 Å². The number of fused-ring (bicyclic) bond motifs is 3. The summed E-state index contributed by atoms with van der Waals surface area (Å²) in [5.41, 5.74) is 6.46. The van der Waals surface area contributed by atoms with Gasteiger partial charge in [-0.05, 0) is 59.5 Å². The SMILES string of the molecule is O[C@H](CNCC1CCCCC1)[C@H](Cc1ccccc1)NC1c2ccccc2-c2ccccc21. The van der Waals surface area contributed by atoms with Crippen molar-refractivity contribution in [1.82, 2.24) is 10.6 Å². The second-order valence-electron chi connectivity index (χ2n) is 9.80. The summed E-state index contributed by atoms with van der Waals surface area (Å²) < 4.78 is 0. The number of aliphatic hydroxyl groups is 1. The number of nitrogens with one attached hydrogen (secondary N) is 2. The predicted molar refractivity (Wildman–Crippen MR) is 136 cm³/mol. The van der Waals surface area contributed by atoms with Gasteiger partial charge in [-0.3, -0.25) is 0 Å². The Morgan fingerprint density at radius 1 is 0.758 bits per heavy atom. The van der Waals surface area contributed by atoms with E-state index in [-0.39, 0.29) is 12.1 Å². The summed E-state index contributed by atoms with van der Waals surface area (Å²) in [4.78, 5) is 0. The maximum absolute atomic E-state index is 11.3. The normalized spacial score (nSPS) is 18.0. The molecule has 0 unspecified atom stereocenters. The molecule has 1 fully saturated rings. The van der Waals surface area contributed by atoms with Crippen molar-refractivity contribution >= 4 is 0 Å². The molecule has 0 aromatic heterocycles. The number of aliphatic hydroxyl groups excluding tert-OH is 1. The molecule has 3 N–H and O–H groups in total. The van der Waals surface area contributed by atoms with Crippen LogP contribution in [0.15, 0.2) is 78.9 Å². The molecular formula is C30H36N2O. The summed E-state index contributed by atoms with van der Waals surface area (Å²) in [7, 11) is 0. The molecule has 0 aliphatic heterocycles. The van der Waals surface area contributed by atoms with Crippen LogP contribution in [0, 0.1) is 5.92 Å². The minimum atomic E-state index is -0.464. The van der Waals surface area contributed by atoms with Gasteiger partial charge in [0.15, 0.2) is 0 Å². The highest BCUT2D eigenvalue weighted by Gasteiger charge is 2.31. The van der Waals surface area contributed by atoms with E-state index in [2.05, 4.69) is 89.5 Å². The highest BCUT2D eigenvalue weighted by atomic mass is 16.3. The van der Waals surface area contributed by atoms with Crippen LogP contribution < -0.4 is 10.6 Å². The fraction of sp³-hybridized carbons (Fsp3) is 0.400. The van der Waals surface area contributed by atoms with Crippen molar-refractivity contribution in [3.05, 3.63) is 95.6 Å². The summed E-state index contributed by atoms with van der Waals surface area (Å²) >= 11 is 0. The Morgan fingerprint density at radius 3 is 2.03 bits per heavy atom. The Labute approximate surface area is 198 Å². The lowest BCUT2D eigenvalue weighted by Gasteiger charge is -2.30. The van der Waals surface area contributed by atoms with Crippen LogP contribution in [0.1, 0.15) is 54.8 Å². The summed E-state index contributed by atoms with van der Waals surface area (Å²) in [6.45, 7) is 1.64. The Hall–Kier alpha value is -2.46. The maximum Gasteiger partial charge on any atom is 0.0820 e. The molecule has 0 bridgehead atoms. The largest absolute Gasteiger partial charge is 0.390 e. The first-order valence-corrected chi connectivity index (χ1v) is 12.7. The molecule has 1 saturated carbocycles. The monoisotopic (exact) mass is 440 g/mol. The zero-order chi connectivity index (χ0) is 22.5. The lowest BCUT2D eigenvalue weighted by molar-refractivity contribution is 0.119. The zero-order valence-corrected chi connectivity index (χ0v) is 19.4. The van der Waals surface area contributed by atoms with Crippen molar-refractivity contribution in [2.45, 2.75) is 56.7 Å². The van der Waals surface area contributed by atoms with E-state index in [4.69, 9.17) is 0 Å². The van der Waals surface area contributed by atoms with Gasteiger partial charge in [0.1, 0.15) is 0 Å². The minimum absolute atomic E-state index is 0.0459. The van der Waals surface area contributed by atoms with E-state index in [1.807, 2.05) is 0 Å². The molecule has 0 heterocycles. The van der Waals surface area contributed by atoms with Crippen molar-refractivity contribution in [2.24, 2.45) is 5.92 Å². The van der Waals surface area contributed by atoms with Crippen LogP contribution in [-0.4, -0.2) is 30.3 Å². The molecule has 33 heavy (non-hydrogen) atoms. The Balaban J connectivity index is 1.33. The van der Waals surface area contributed by atoms with Crippen LogP contribution in [0.5, 0.6) is 0 Å². The number of rotatable bonds is 9. The second kappa shape index (κ2) is 10.6. The maximum atomic E-state index is 11.3. The first-order valence-electron chi connectivity index (χ1n) is 12.7. The van der Waals surface area contributed by atoms with Crippen LogP contribution in [0.4, 0.5) is 0 Å². The van der Waals surface area contributed by atoms with Gasteiger partial charge in [0, 0.05) is 12.6 Å². The molecule has 3 nitrogen and oxygen atoms in total. The van der Waals surface area contributed by atoms with Gasteiger partial charge in [-0.25, -0.2) is 0 Å². The van der Waals surface area contributed by atoms with Crippen molar-refractivity contribution in [3.63, 3.8) is 0 Å². The molecule has 3 aromatic carbocycles. The number of hydrogen-bond acceptors (Lipinski definition) is 3. The molecule has 0 radical (unpaired) electrons. The van der Waals surface area contributed by atoms with Crippen LogP contribution in [-0.2, 0) is 6.42 Å². The first-order chi connectivity index (χ1) is 16.3. The molecule has 2 atom stereocenters. The van der Waals surface area contributed by atoms with Gasteiger partial charge in [0.2, 0.25) is 0 Å². The fourth-order valence-corrected chi connectivity index (χ4v) is 5.69. The van der Waals surface area contributed by atoms with E-state index in [0.29, 0.717) is 6.54 Å². The predicted octanol–water partition coefficient (Wildman–Crippen LogP) is 5.49. The lowest BCUT2D eigenvalue weighted by Crippen LogP contribution is -2.48. The molecule has 0 saturated heterocycles. The van der Waals surface area contributed by atoms with Crippen molar-refractivity contribution in [1.29, 1.82) is 0 Å². The van der Waals surface area contributed by atoms with Gasteiger partial charge in [-0.1, -0.05) is 98.1 Å². The molecule has 0 amide bonds. The highest BCUT2D eigenvalue weighted by Crippen LogP contribution is 2.43. The molecule has 2 aliphatic rings. The molecule has 0 spiro atoms. The summed E-state index contributed by atoms with van der Waals surface area (Å²) in [6.07, 6.45) is 7.07. The lowest BCUT2D eigenvalue weighted by atomic mass is 9.89. The number of benzene rings is 3. The zero-order valence-electron chi connectivity index (χ0n) is 19.4. The summed E-state index contributed by atoms with van der Waals surface area (Å²) in [5.74, 6) is 0.764. The molecule has 2 aliphatic carbocycles. The van der Waals surface area contributed by atoms with E-state index in [0.717, 1.165) is 18.9 Å². The average Bonchev–Trinajstić information content (AvgIpc) is 3.18. The van der Waals surface area contributed by atoms with E-state index < -0.39 is 6.10 Å². The molecule has 5 rings (SSSR count). The van der Waals surface area contributed by atoms with Gasteiger partial charge in [-0.2, -0.15) is 0 Å². The first kappa shape index (κ1) is 22.3. The third-order valence-electron chi connectivity index (χ3n) is 7.49. The molecule has 3 heteroatoms. The third kappa shape index (κ3) is 5.22. The van der Waals surface area contributed by atoms with Gasteiger partial charge in [0.25, 0.3) is 0 Å². The molecule has 3 aromatic rings. The van der Waals surface area contributed by atoms with Crippen LogP contribution in [0.25, 0.3) is 11.1 Å². The number of hydrogen-bond donors (Lipinski definition) is 3. The van der Waals surface area contributed by atoms with Crippen molar-refractivity contribution in [3.8, 4) is 11.1 Å². The van der Waals surface area contributed by atoms with E-state index in [1.165, 1.54) is 59.9 Å². The van der Waals surface area contributed by atoms with Crippen LogP contribution >= 0.6 is 0 Å². The Bertz CT molecular complexity index is 983. The quantitative estimate of drug-likeness (QED) is 0.412. The highest BCUT2D eigenvalue weighted by molar-refractivity contribution is 5.78. The Morgan fingerprint density at radius 2 is 1.36 bits per heavy atom. The smallest absolute Gasteiger partial charge is 0.0820 e. The van der Waals surface area contributed by atoms with Crippen LogP contribution in [0.3, 0.4) is 0 Å². The van der Waals surface area contributed by atoms with E-state index in [9.17, 15) is 5.11 Å². The third-order valence-corrected chi connectivity index (χ3v) is 7.49. The molecule has 172 valence electrons. The second-order valence-corrected chi connectivity index (χ2v) is 9.80. The standard InChI is InChI=1S/C30H36N2O/c33-29(21-31-20-23-13-5-2-6-14-23)28(19-22-11-3-1-4-12-22)32-30-26-17-9-7-15-24(26)25-16-8-10-18-27(25)30/h1,3-4,7-12,15-18,23,28-33H,2,5-6,13-14,19-21H2/t28-,29+/m0/s1. The van der Waals surface area contributed by atoms with E-state index in [1.54, 1.807) is 0 Å². The van der Waals surface area contributed by atoms with Crippen LogP contribution in [0.2, 0.25) is 0 Å². The van der Waals surface area contributed by atoms with Gasteiger partial charge >= 0.3 is 0 Å². The molecular weight excluding hydrogens is 404 g/mol. The fourth-order valence-electron chi connectivity index (χ4n) is 5.69. The van der Waals surface area contributed by atoms with Crippen molar-refractivity contribution in [2.75, 3.05) is 13.1 Å². The Kier molecular flexibility index (Phi) is 7.21. The summed E-state index contributed by atoms with van der Waals surface area (Å²) in [6, 6.07) is 27.9. The minimum Gasteiger partial charge on any atom is -0.390 e. The van der Waals surface area contributed by atoms with Crippen molar-refractivity contribution < 1.29 is 5.11 Å². The summed E-state index contributed by atoms with van der Waals surface area (Å²) in [5, 5.41) is 18.8. The van der Waals surface area contributed by atoms with E-state index >= 15 is 0 Å². The van der Waals surface area contributed by atoms with Gasteiger partial charge in [0.05, 0.1) is 12.1 Å². The average molecular weight is 441 g/mol.